The monoisotopic (exact) mass is 418 g/mol. The molecular weight excluding hydrogens is 396 g/mol. The molecule has 1 aromatic carbocycles. The fourth-order valence-electron chi connectivity index (χ4n) is 2.78. The summed E-state index contributed by atoms with van der Waals surface area (Å²) in [5.74, 6) is 1.65. The summed E-state index contributed by atoms with van der Waals surface area (Å²) >= 11 is 7.48. The van der Waals surface area contributed by atoms with Crippen LogP contribution < -0.4 is 10.1 Å². The van der Waals surface area contributed by atoms with Crippen molar-refractivity contribution in [3.05, 3.63) is 75.3 Å². The minimum Gasteiger partial charge on any atom is -0.488 e. The number of hydrogen-bond donors (Lipinski definition) is 1. The Morgan fingerprint density at radius 2 is 2.14 bits per heavy atom. The largest absolute Gasteiger partial charge is 0.488 e. The van der Waals surface area contributed by atoms with E-state index in [-0.39, 0.29) is 5.91 Å². The van der Waals surface area contributed by atoms with Crippen molar-refractivity contribution in [1.82, 2.24) is 10.2 Å². The van der Waals surface area contributed by atoms with Crippen molar-refractivity contribution in [3.8, 4) is 5.75 Å². The van der Waals surface area contributed by atoms with Crippen LogP contribution in [-0.4, -0.2) is 30.9 Å². The third-order valence-corrected chi connectivity index (χ3v) is 5.44. The van der Waals surface area contributed by atoms with Crippen molar-refractivity contribution >= 4 is 28.8 Å². The average molecular weight is 419 g/mol. The van der Waals surface area contributed by atoms with E-state index in [4.69, 9.17) is 20.8 Å². The quantitative estimate of drug-likeness (QED) is 0.531. The molecule has 2 heterocycles. The number of hydrogen-bond acceptors (Lipinski definition) is 5. The number of furan rings is 1. The van der Waals surface area contributed by atoms with E-state index in [0.29, 0.717) is 19.7 Å². The topological polar surface area (TPSA) is 54.7 Å². The maximum absolute atomic E-state index is 11.8. The van der Waals surface area contributed by atoms with E-state index in [0.717, 1.165) is 39.3 Å². The Labute approximate surface area is 173 Å². The Morgan fingerprint density at radius 3 is 2.86 bits per heavy atom. The molecule has 28 heavy (non-hydrogen) atoms. The minimum absolute atomic E-state index is 0.0155. The lowest BCUT2D eigenvalue weighted by Crippen LogP contribution is -2.36. The number of nitrogens with zero attached hydrogens (tertiary/aromatic N) is 1. The number of nitrogens with one attached hydrogen (secondary N) is 1. The first-order valence-electron chi connectivity index (χ1n) is 9.03. The number of thiophene rings is 1. The van der Waals surface area contributed by atoms with Crippen molar-refractivity contribution in [1.29, 1.82) is 0 Å². The lowest BCUT2D eigenvalue weighted by Gasteiger charge is -2.20. The Hall–Kier alpha value is -2.28. The van der Waals surface area contributed by atoms with E-state index in [2.05, 4.69) is 16.3 Å². The van der Waals surface area contributed by atoms with Crippen LogP contribution in [0.25, 0.3) is 0 Å². The molecule has 5 nitrogen and oxygen atoms in total. The highest BCUT2D eigenvalue weighted by Gasteiger charge is 2.12. The smallest absolute Gasteiger partial charge is 0.233 e. The van der Waals surface area contributed by atoms with Crippen molar-refractivity contribution in [2.24, 2.45) is 0 Å². The van der Waals surface area contributed by atoms with Gasteiger partial charge in [0.05, 0.1) is 23.7 Å². The van der Waals surface area contributed by atoms with Gasteiger partial charge < -0.3 is 14.5 Å². The summed E-state index contributed by atoms with van der Waals surface area (Å²) in [5, 5.41) is 2.68. The van der Waals surface area contributed by atoms with Crippen molar-refractivity contribution < 1.29 is 13.9 Å². The zero-order chi connectivity index (χ0) is 19.8. The van der Waals surface area contributed by atoms with Gasteiger partial charge in [0.2, 0.25) is 5.91 Å². The molecule has 7 heteroatoms. The summed E-state index contributed by atoms with van der Waals surface area (Å²) in [6.07, 6.45) is 2.45. The van der Waals surface area contributed by atoms with Crippen LogP contribution in [0.15, 0.2) is 59.2 Å². The normalized spacial score (nSPS) is 11.0. The molecule has 0 saturated heterocycles. The molecule has 1 amide bonds. The van der Waals surface area contributed by atoms with Crippen LogP contribution in [-0.2, 0) is 24.4 Å². The number of carbonyl (C=O) groups is 1. The lowest BCUT2D eigenvalue weighted by molar-refractivity contribution is -0.121. The van der Waals surface area contributed by atoms with Gasteiger partial charge in [-0.2, -0.15) is 0 Å². The summed E-state index contributed by atoms with van der Waals surface area (Å²) in [5.41, 5.74) is 1.16. The minimum atomic E-state index is -0.0155. The predicted molar refractivity (Wildman–Crippen MR) is 112 cm³/mol. The van der Waals surface area contributed by atoms with Gasteiger partial charge in [-0.05, 0) is 48.4 Å². The van der Waals surface area contributed by atoms with Gasteiger partial charge in [0.1, 0.15) is 18.1 Å². The third-order valence-electron chi connectivity index (χ3n) is 4.23. The predicted octanol–water partition coefficient (Wildman–Crippen LogP) is 4.36. The molecule has 0 atom stereocenters. The zero-order valence-corrected chi connectivity index (χ0v) is 17.3. The first-order valence-corrected chi connectivity index (χ1v) is 10.2. The molecule has 2 aromatic heterocycles. The maximum atomic E-state index is 11.8. The summed E-state index contributed by atoms with van der Waals surface area (Å²) in [7, 11) is 1.65. The van der Waals surface area contributed by atoms with Gasteiger partial charge in [0.25, 0.3) is 0 Å². The first kappa shape index (κ1) is 20.5. The van der Waals surface area contributed by atoms with E-state index < -0.39 is 0 Å². The molecule has 0 aliphatic rings. The molecule has 0 radical (unpaired) electrons. The molecule has 0 saturated carbocycles. The lowest BCUT2D eigenvalue weighted by atomic mass is 10.1. The molecule has 0 fully saturated rings. The van der Waals surface area contributed by atoms with Gasteiger partial charge in [-0.1, -0.05) is 23.7 Å². The van der Waals surface area contributed by atoms with Crippen LogP contribution in [0, 0.1) is 0 Å². The van der Waals surface area contributed by atoms with E-state index in [1.165, 1.54) is 11.3 Å². The summed E-state index contributed by atoms with van der Waals surface area (Å²) in [4.78, 5) is 15.0. The van der Waals surface area contributed by atoms with Crippen LogP contribution in [0.1, 0.15) is 16.2 Å². The van der Waals surface area contributed by atoms with Crippen molar-refractivity contribution in [2.45, 2.75) is 19.6 Å². The number of halogens is 1. The third kappa shape index (κ3) is 6.41. The van der Waals surface area contributed by atoms with Gasteiger partial charge in [0.15, 0.2) is 0 Å². The molecule has 0 unspecified atom stereocenters. The number of carbonyl (C=O) groups excluding carboxylic acids is 1. The molecule has 3 aromatic rings. The van der Waals surface area contributed by atoms with Crippen LogP contribution in [0.5, 0.6) is 5.75 Å². The van der Waals surface area contributed by atoms with Gasteiger partial charge >= 0.3 is 0 Å². The maximum Gasteiger partial charge on any atom is 0.233 e. The summed E-state index contributed by atoms with van der Waals surface area (Å²) in [6.45, 7) is 2.16. The molecular formula is C21H23ClN2O3S. The molecule has 148 valence electrons. The SMILES string of the molecule is CNC(=O)CN(CCc1cccc(OCc2ccc(Cl)s2)c1)Cc1ccco1. The average Bonchev–Trinajstić information content (AvgIpc) is 3.36. The fourth-order valence-corrected chi connectivity index (χ4v) is 3.78. The van der Waals surface area contributed by atoms with Gasteiger partial charge in [-0.15, -0.1) is 11.3 Å². The van der Waals surface area contributed by atoms with E-state index >= 15 is 0 Å². The summed E-state index contributed by atoms with van der Waals surface area (Å²) < 4.78 is 12.1. The van der Waals surface area contributed by atoms with Gasteiger partial charge in [-0.25, -0.2) is 0 Å². The number of benzene rings is 1. The highest BCUT2D eigenvalue weighted by molar-refractivity contribution is 7.16. The summed E-state index contributed by atoms with van der Waals surface area (Å²) in [6, 6.07) is 15.7. The Kier molecular flexibility index (Phi) is 7.54. The van der Waals surface area contributed by atoms with E-state index in [9.17, 15) is 4.79 Å². The second-order valence-electron chi connectivity index (χ2n) is 6.36. The molecule has 1 N–H and O–H groups in total. The first-order chi connectivity index (χ1) is 13.6. The molecule has 0 spiro atoms. The second kappa shape index (κ2) is 10.3. The molecule has 0 aliphatic heterocycles. The van der Waals surface area contributed by atoms with Crippen molar-refractivity contribution in [2.75, 3.05) is 20.1 Å². The van der Waals surface area contributed by atoms with Crippen LogP contribution >= 0.6 is 22.9 Å². The Morgan fingerprint density at radius 1 is 1.25 bits per heavy atom. The highest BCUT2D eigenvalue weighted by Crippen LogP contribution is 2.23. The number of ether oxygens (including phenoxy) is 1. The van der Waals surface area contributed by atoms with Gasteiger partial charge in [-0.3, -0.25) is 9.69 Å². The van der Waals surface area contributed by atoms with E-state index in [1.54, 1.807) is 13.3 Å². The van der Waals surface area contributed by atoms with Crippen LogP contribution in [0.2, 0.25) is 4.34 Å². The molecule has 0 aliphatic carbocycles. The Bertz CT molecular complexity index is 879. The zero-order valence-electron chi connectivity index (χ0n) is 15.7. The van der Waals surface area contributed by atoms with Crippen LogP contribution in [0.4, 0.5) is 0 Å². The van der Waals surface area contributed by atoms with Crippen molar-refractivity contribution in [3.63, 3.8) is 0 Å². The fraction of sp³-hybridized carbons (Fsp3) is 0.286. The molecule has 3 rings (SSSR count). The van der Waals surface area contributed by atoms with Crippen LogP contribution in [0.3, 0.4) is 0 Å². The molecule has 0 bridgehead atoms. The Balaban J connectivity index is 1.56. The number of rotatable bonds is 10. The highest BCUT2D eigenvalue weighted by atomic mass is 35.5. The standard InChI is InChI=1S/C21H23ClN2O3S/c1-23-21(25)14-24(13-18-6-3-11-26-18)10-9-16-4-2-5-17(12-16)27-15-19-7-8-20(22)28-19/h2-8,11-12H,9-10,13-15H2,1H3,(H,23,25). The van der Waals surface area contributed by atoms with Gasteiger partial charge in [0, 0.05) is 18.5 Å². The second-order valence-corrected chi connectivity index (χ2v) is 8.15. The number of amides is 1. The number of likely N-dealkylation sites (N-methyl/N-ethyl adjacent to an activating group) is 1. The van der Waals surface area contributed by atoms with E-state index in [1.807, 2.05) is 42.5 Å².